The summed E-state index contributed by atoms with van der Waals surface area (Å²) in [4.78, 5) is 13.7. The van der Waals surface area contributed by atoms with Crippen LogP contribution in [0.1, 0.15) is 16.8 Å². The van der Waals surface area contributed by atoms with Crippen molar-refractivity contribution < 1.29 is 17.9 Å². The van der Waals surface area contributed by atoms with Crippen molar-refractivity contribution >= 4 is 27.2 Å². The Morgan fingerprint density at radius 2 is 2.05 bits per heavy atom. The summed E-state index contributed by atoms with van der Waals surface area (Å²) in [5.74, 6) is -0.231. The van der Waals surface area contributed by atoms with Gasteiger partial charge in [0.05, 0.1) is 35.6 Å². The summed E-state index contributed by atoms with van der Waals surface area (Å²) in [6, 6.07) is 5.01. The lowest BCUT2D eigenvalue weighted by Crippen LogP contribution is -2.29. The zero-order valence-electron chi connectivity index (χ0n) is 11.3. The number of sulfone groups is 1. The minimum absolute atomic E-state index is 0.0714. The molecule has 20 heavy (non-hydrogen) atoms. The number of hydrogen-bond acceptors (Lipinski definition) is 6. The molecule has 1 aromatic carbocycles. The predicted octanol–water partition coefficient (Wildman–Crippen LogP) is 0.680. The van der Waals surface area contributed by atoms with E-state index >= 15 is 0 Å². The molecule has 0 radical (unpaired) electrons. The number of carbonyl (C=O) groups excluding carboxylic acids is 1. The van der Waals surface area contributed by atoms with Crippen molar-refractivity contribution in [3.63, 3.8) is 0 Å². The molecule has 0 atom stereocenters. The van der Waals surface area contributed by atoms with Gasteiger partial charge in [-0.3, -0.25) is 0 Å². The molecule has 0 aliphatic carbocycles. The quantitative estimate of drug-likeness (QED) is 0.638. The molecule has 1 aromatic rings. The number of methoxy groups -OCH3 is 1. The van der Waals surface area contributed by atoms with Crippen LogP contribution in [-0.2, 0) is 14.6 Å². The molecule has 1 fully saturated rings. The van der Waals surface area contributed by atoms with Gasteiger partial charge in [0.25, 0.3) is 0 Å². The first-order chi connectivity index (χ1) is 9.44. The molecule has 0 aromatic heterocycles. The highest BCUT2D eigenvalue weighted by atomic mass is 32.2. The summed E-state index contributed by atoms with van der Waals surface area (Å²) >= 11 is 0. The Morgan fingerprint density at radius 3 is 2.75 bits per heavy atom. The van der Waals surface area contributed by atoms with Gasteiger partial charge in [0.2, 0.25) is 0 Å². The van der Waals surface area contributed by atoms with Crippen molar-refractivity contribution in [1.82, 2.24) is 0 Å². The fraction of sp³-hybridized carbons (Fsp3) is 0.462. The molecule has 0 saturated carbocycles. The van der Waals surface area contributed by atoms with Gasteiger partial charge >= 0.3 is 5.97 Å². The van der Waals surface area contributed by atoms with E-state index < -0.39 is 15.8 Å². The first-order valence-electron chi connectivity index (χ1n) is 6.37. The Kier molecular flexibility index (Phi) is 4.17. The van der Waals surface area contributed by atoms with E-state index in [1.54, 1.807) is 18.2 Å². The number of carbonyl (C=O) groups is 1. The molecule has 7 heteroatoms. The Hall–Kier alpha value is -1.76. The molecule has 1 aliphatic heterocycles. The van der Waals surface area contributed by atoms with Crippen LogP contribution >= 0.6 is 0 Å². The summed E-state index contributed by atoms with van der Waals surface area (Å²) < 4.78 is 28.1. The molecule has 0 spiro atoms. The molecule has 0 amide bonds. The molecule has 110 valence electrons. The van der Waals surface area contributed by atoms with E-state index in [-0.39, 0.29) is 11.5 Å². The first-order valence-corrected chi connectivity index (χ1v) is 8.19. The highest BCUT2D eigenvalue weighted by molar-refractivity contribution is 7.91. The molecule has 6 nitrogen and oxygen atoms in total. The summed E-state index contributed by atoms with van der Waals surface area (Å²) in [7, 11) is -1.70. The van der Waals surface area contributed by atoms with E-state index in [9.17, 15) is 13.2 Å². The van der Waals surface area contributed by atoms with Gasteiger partial charge in [0.15, 0.2) is 9.84 Å². The van der Waals surface area contributed by atoms with Crippen molar-refractivity contribution in [2.75, 3.05) is 42.3 Å². The first kappa shape index (κ1) is 14.6. The van der Waals surface area contributed by atoms with Crippen molar-refractivity contribution in [3.05, 3.63) is 23.8 Å². The van der Waals surface area contributed by atoms with Gasteiger partial charge in [0, 0.05) is 13.1 Å². The second-order valence-electron chi connectivity index (χ2n) is 4.73. The van der Waals surface area contributed by atoms with Crippen LogP contribution < -0.4 is 10.6 Å². The maximum Gasteiger partial charge on any atom is 0.340 e. The number of nitrogens with two attached hydrogens (primary N) is 1. The number of esters is 1. The van der Waals surface area contributed by atoms with Crippen LogP contribution in [0.5, 0.6) is 0 Å². The Labute approximate surface area is 118 Å². The molecule has 1 heterocycles. The molecule has 1 saturated heterocycles. The predicted molar refractivity (Wildman–Crippen MR) is 77.7 cm³/mol. The average molecular weight is 298 g/mol. The van der Waals surface area contributed by atoms with Gasteiger partial charge in [-0.15, -0.1) is 0 Å². The van der Waals surface area contributed by atoms with Crippen LogP contribution in [0.4, 0.5) is 11.4 Å². The summed E-state index contributed by atoms with van der Waals surface area (Å²) in [6.07, 6.45) is 0.525. The normalized spacial score (nSPS) is 18.4. The molecule has 0 unspecified atom stereocenters. The number of anilines is 2. The lowest BCUT2D eigenvalue weighted by molar-refractivity contribution is 0.0601. The largest absolute Gasteiger partial charge is 0.465 e. The molecular weight excluding hydrogens is 280 g/mol. The fourth-order valence-electron chi connectivity index (χ4n) is 2.35. The summed E-state index contributed by atoms with van der Waals surface area (Å²) in [6.45, 7) is 0.887. The van der Waals surface area contributed by atoms with Crippen LogP contribution in [0.3, 0.4) is 0 Å². The standard InChI is InChI=1S/C13H18N2O4S/c1-19-13(16)10-4-2-5-11(14)12(10)15-6-3-8-20(17,18)9-7-15/h2,4-5H,3,6-9,14H2,1H3. The van der Waals surface area contributed by atoms with Gasteiger partial charge in [0.1, 0.15) is 0 Å². The molecule has 2 rings (SSSR count). The van der Waals surface area contributed by atoms with E-state index in [0.29, 0.717) is 36.4 Å². The highest BCUT2D eigenvalue weighted by Gasteiger charge is 2.24. The van der Waals surface area contributed by atoms with Gasteiger partial charge in [-0.25, -0.2) is 13.2 Å². The lowest BCUT2D eigenvalue weighted by Gasteiger charge is -2.25. The van der Waals surface area contributed by atoms with Crippen molar-refractivity contribution in [2.45, 2.75) is 6.42 Å². The third kappa shape index (κ3) is 3.04. The maximum atomic E-state index is 11.8. The molecular formula is C13H18N2O4S. The number of benzene rings is 1. The maximum absolute atomic E-state index is 11.8. The minimum atomic E-state index is -3.01. The lowest BCUT2D eigenvalue weighted by atomic mass is 10.1. The van der Waals surface area contributed by atoms with Crippen molar-refractivity contribution in [1.29, 1.82) is 0 Å². The molecule has 0 bridgehead atoms. The highest BCUT2D eigenvalue weighted by Crippen LogP contribution is 2.29. The number of ether oxygens (including phenoxy) is 1. The fourth-order valence-corrected chi connectivity index (χ4v) is 3.62. The van der Waals surface area contributed by atoms with E-state index in [4.69, 9.17) is 10.5 Å². The second-order valence-corrected chi connectivity index (χ2v) is 7.03. The van der Waals surface area contributed by atoms with E-state index in [1.165, 1.54) is 7.11 Å². The van der Waals surface area contributed by atoms with Crippen molar-refractivity contribution in [2.24, 2.45) is 0 Å². The second kappa shape index (κ2) is 5.70. The average Bonchev–Trinajstić information content (AvgIpc) is 2.58. The number of hydrogen-bond donors (Lipinski definition) is 1. The van der Waals surface area contributed by atoms with Gasteiger partial charge < -0.3 is 15.4 Å². The van der Waals surface area contributed by atoms with Crippen molar-refractivity contribution in [3.8, 4) is 0 Å². The van der Waals surface area contributed by atoms with Gasteiger partial charge in [-0.05, 0) is 18.6 Å². The van der Waals surface area contributed by atoms with Crippen LogP contribution in [0.25, 0.3) is 0 Å². The monoisotopic (exact) mass is 298 g/mol. The molecule has 2 N–H and O–H groups in total. The number of rotatable bonds is 2. The summed E-state index contributed by atoms with van der Waals surface area (Å²) in [5.41, 5.74) is 7.35. The Balaban J connectivity index is 2.39. The van der Waals surface area contributed by atoms with E-state index in [1.807, 2.05) is 4.90 Å². The third-order valence-corrected chi connectivity index (χ3v) is 5.06. The zero-order valence-corrected chi connectivity index (χ0v) is 12.1. The van der Waals surface area contributed by atoms with E-state index in [2.05, 4.69) is 0 Å². The third-order valence-electron chi connectivity index (χ3n) is 3.34. The van der Waals surface area contributed by atoms with Crippen LogP contribution in [0.15, 0.2) is 18.2 Å². The molecule has 1 aliphatic rings. The van der Waals surface area contributed by atoms with Gasteiger partial charge in [-0.1, -0.05) is 6.07 Å². The van der Waals surface area contributed by atoms with Crippen LogP contribution in [0, 0.1) is 0 Å². The Morgan fingerprint density at radius 1 is 1.30 bits per heavy atom. The smallest absolute Gasteiger partial charge is 0.340 e. The van der Waals surface area contributed by atoms with Gasteiger partial charge in [-0.2, -0.15) is 0 Å². The SMILES string of the molecule is COC(=O)c1cccc(N)c1N1CCCS(=O)(=O)CC1. The summed E-state index contributed by atoms with van der Waals surface area (Å²) in [5, 5.41) is 0. The van der Waals surface area contributed by atoms with Crippen LogP contribution in [0.2, 0.25) is 0 Å². The number of para-hydroxylation sites is 1. The van der Waals surface area contributed by atoms with E-state index in [0.717, 1.165) is 0 Å². The number of nitrogens with zero attached hydrogens (tertiary/aromatic N) is 1. The Bertz CT molecular complexity index is 613. The minimum Gasteiger partial charge on any atom is -0.465 e. The number of nitrogen functional groups attached to an aromatic ring is 1. The van der Waals surface area contributed by atoms with Crippen LogP contribution in [-0.4, -0.2) is 46.1 Å². The zero-order chi connectivity index (χ0) is 14.8. The topological polar surface area (TPSA) is 89.7 Å².